The first-order chi connectivity index (χ1) is 8.51. The van der Waals surface area contributed by atoms with Crippen LogP contribution < -0.4 is 10.6 Å². The van der Waals surface area contributed by atoms with Crippen LogP contribution >= 0.6 is 0 Å². The minimum Gasteiger partial charge on any atom is -0.319 e. The minimum absolute atomic E-state index is 0.172. The first-order valence-electron chi connectivity index (χ1n) is 6.66. The Balaban J connectivity index is 2.45. The van der Waals surface area contributed by atoms with Crippen LogP contribution in [0.1, 0.15) is 38.3 Å². The molecule has 0 aliphatic rings. The molecule has 0 aliphatic carbocycles. The van der Waals surface area contributed by atoms with Gasteiger partial charge >= 0.3 is 0 Å². The number of rotatable bonds is 6. The van der Waals surface area contributed by atoms with Crippen LogP contribution in [-0.4, -0.2) is 19.1 Å². The summed E-state index contributed by atoms with van der Waals surface area (Å²) >= 11 is 0. The Kier molecular flexibility index (Phi) is 6.10. The molecular weight excluding hydrogens is 220 g/mol. The average Bonchev–Trinajstić information content (AvgIpc) is 2.33. The van der Waals surface area contributed by atoms with Gasteiger partial charge in [0, 0.05) is 12.1 Å². The van der Waals surface area contributed by atoms with Crippen molar-refractivity contribution in [2.45, 2.75) is 39.3 Å². The van der Waals surface area contributed by atoms with E-state index in [1.165, 1.54) is 11.1 Å². The lowest BCUT2D eigenvalue weighted by Gasteiger charge is -2.20. The molecule has 0 aromatic heterocycles. The van der Waals surface area contributed by atoms with Crippen LogP contribution in [0.5, 0.6) is 0 Å². The summed E-state index contributed by atoms with van der Waals surface area (Å²) in [6.45, 7) is 8.51. The highest BCUT2D eigenvalue weighted by Crippen LogP contribution is 2.08. The third kappa shape index (κ3) is 6.58. The van der Waals surface area contributed by atoms with Crippen molar-refractivity contribution < 1.29 is 0 Å². The third-order valence-electron chi connectivity index (χ3n) is 2.67. The topological polar surface area (TPSA) is 24.1 Å². The van der Waals surface area contributed by atoms with E-state index in [0.29, 0.717) is 0 Å². The fourth-order valence-electron chi connectivity index (χ4n) is 1.56. The standard InChI is InChI=1S/C16H26N2/c1-16(2,3)18-13-15-10-8-14(9-11-15)7-5-6-12-17-4/h5,7-11,17-18H,6,12-13H2,1-4H3. The van der Waals surface area contributed by atoms with E-state index >= 15 is 0 Å². The number of hydrogen-bond donors (Lipinski definition) is 2. The maximum absolute atomic E-state index is 3.49. The monoisotopic (exact) mass is 246 g/mol. The molecule has 100 valence electrons. The first-order valence-corrected chi connectivity index (χ1v) is 6.66. The van der Waals surface area contributed by atoms with Crippen LogP contribution in [0.25, 0.3) is 6.08 Å². The molecule has 0 saturated heterocycles. The zero-order chi connectivity index (χ0) is 13.4. The van der Waals surface area contributed by atoms with Crippen molar-refractivity contribution in [2.75, 3.05) is 13.6 Å². The summed E-state index contributed by atoms with van der Waals surface area (Å²) in [6.07, 6.45) is 5.46. The lowest BCUT2D eigenvalue weighted by atomic mass is 10.1. The van der Waals surface area contributed by atoms with Crippen LogP contribution in [0, 0.1) is 0 Å². The van der Waals surface area contributed by atoms with Crippen LogP contribution in [0.4, 0.5) is 0 Å². The van der Waals surface area contributed by atoms with E-state index in [9.17, 15) is 0 Å². The highest BCUT2D eigenvalue weighted by molar-refractivity contribution is 5.49. The smallest absolute Gasteiger partial charge is 0.0210 e. The fraction of sp³-hybridized carbons (Fsp3) is 0.500. The lowest BCUT2D eigenvalue weighted by Crippen LogP contribution is -2.35. The molecule has 0 aliphatic heterocycles. The zero-order valence-electron chi connectivity index (χ0n) is 12.1. The molecule has 0 amide bonds. The average molecular weight is 246 g/mol. The van der Waals surface area contributed by atoms with Crippen molar-refractivity contribution in [3.63, 3.8) is 0 Å². The summed E-state index contributed by atoms with van der Waals surface area (Å²) in [5, 5.41) is 6.63. The highest BCUT2D eigenvalue weighted by atomic mass is 14.9. The molecule has 1 rings (SSSR count). The summed E-state index contributed by atoms with van der Waals surface area (Å²) in [4.78, 5) is 0. The first kappa shape index (κ1) is 14.9. The van der Waals surface area contributed by atoms with Gasteiger partial charge in [-0.25, -0.2) is 0 Å². The molecule has 0 saturated carbocycles. The van der Waals surface area contributed by atoms with Crippen molar-refractivity contribution in [1.29, 1.82) is 0 Å². The summed E-state index contributed by atoms with van der Waals surface area (Å²) < 4.78 is 0. The van der Waals surface area contributed by atoms with Gasteiger partial charge < -0.3 is 10.6 Å². The molecule has 2 nitrogen and oxygen atoms in total. The van der Waals surface area contributed by atoms with Crippen LogP contribution in [0.2, 0.25) is 0 Å². The summed E-state index contributed by atoms with van der Waals surface area (Å²) in [5.74, 6) is 0. The molecule has 0 radical (unpaired) electrons. The van der Waals surface area contributed by atoms with Gasteiger partial charge in [0.15, 0.2) is 0 Å². The molecule has 1 aromatic carbocycles. The van der Waals surface area contributed by atoms with Crippen molar-refractivity contribution in [2.24, 2.45) is 0 Å². The Morgan fingerprint density at radius 3 is 2.33 bits per heavy atom. The van der Waals surface area contributed by atoms with Crippen molar-refractivity contribution in [3.8, 4) is 0 Å². The lowest BCUT2D eigenvalue weighted by molar-refractivity contribution is 0.424. The van der Waals surface area contributed by atoms with E-state index in [2.05, 4.69) is 67.8 Å². The van der Waals surface area contributed by atoms with Crippen LogP contribution in [-0.2, 0) is 6.54 Å². The molecule has 0 atom stereocenters. The van der Waals surface area contributed by atoms with Crippen LogP contribution in [0.3, 0.4) is 0 Å². The van der Waals surface area contributed by atoms with Gasteiger partial charge in [0.25, 0.3) is 0 Å². The van der Waals surface area contributed by atoms with E-state index in [-0.39, 0.29) is 5.54 Å². The van der Waals surface area contributed by atoms with E-state index in [1.807, 2.05) is 7.05 Å². The molecule has 0 heterocycles. The molecule has 0 unspecified atom stereocenters. The van der Waals surface area contributed by atoms with Gasteiger partial charge in [0.05, 0.1) is 0 Å². The quantitative estimate of drug-likeness (QED) is 0.753. The van der Waals surface area contributed by atoms with Gasteiger partial charge in [-0.1, -0.05) is 36.4 Å². The zero-order valence-corrected chi connectivity index (χ0v) is 12.1. The van der Waals surface area contributed by atoms with Crippen LogP contribution in [0.15, 0.2) is 30.3 Å². The second-order valence-electron chi connectivity index (χ2n) is 5.64. The van der Waals surface area contributed by atoms with Gasteiger partial charge in [-0.05, 0) is 51.9 Å². The Labute approximate surface area is 111 Å². The van der Waals surface area contributed by atoms with E-state index in [1.54, 1.807) is 0 Å². The summed E-state index contributed by atoms with van der Waals surface area (Å²) in [7, 11) is 1.98. The van der Waals surface area contributed by atoms with Gasteiger partial charge in [-0.2, -0.15) is 0 Å². The second-order valence-corrected chi connectivity index (χ2v) is 5.64. The van der Waals surface area contributed by atoms with Gasteiger partial charge in [0.2, 0.25) is 0 Å². The van der Waals surface area contributed by atoms with Crippen molar-refractivity contribution in [1.82, 2.24) is 10.6 Å². The predicted molar refractivity (Wildman–Crippen MR) is 80.6 cm³/mol. The van der Waals surface area contributed by atoms with Crippen molar-refractivity contribution in [3.05, 3.63) is 41.5 Å². The Bertz CT molecular complexity index is 358. The largest absolute Gasteiger partial charge is 0.319 e. The Hall–Kier alpha value is -1.12. The molecule has 1 aromatic rings. The highest BCUT2D eigenvalue weighted by Gasteiger charge is 2.07. The molecule has 2 heteroatoms. The predicted octanol–water partition coefficient (Wildman–Crippen LogP) is 3.20. The molecule has 2 N–H and O–H groups in total. The maximum atomic E-state index is 3.49. The number of hydrogen-bond acceptors (Lipinski definition) is 2. The molecule has 0 fully saturated rings. The van der Waals surface area contributed by atoms with Gasteiger partial charge in [0.1, 0.15) is 0 Å². The minimum atomic E-state index is 0.172. The number of benzene rings is 1. The summed E-state index contributed by atoms with van der Waals surface area (Å²) in [5.41, 5.74) is 2.77. The normalized spacial score (nSPS) is 12.2. The van der Waals surface area contributed by atoms with Crippen molar-refractivity contribution >= 4 is 6.08 Å². The Morgan fingerprint density at radius 1 is 1.11 bits per heavy atom. The molecule has 0 spiro atoms. The van der Waals surface area contributed by atoms with E-state index in [0.717, 1.165) is 19.5 Å². The maximum Gasteiger partial charge on any atom is 0.0210 e. The van der Waals surface area contributed by atoms with E-state index < -0.39 is 0 Å². The number of nitrogens with one attached hydrogen (secondary N) is 2. The van der Waals surface area contributed by atoms with Gasteiger partial charge in [-0.3, -0.25) is 0 Å². The SMILES string of the molecule is CNCCC=Cc1ccc(CNC(C)(C)C)cc1. The van der Waals surface area contributed by atoms with E-state index in [4.69, 9.17) is 0 Å². The molecule has 18 heavy (non-hydrogen) atoms. The van der Waals surface area contributed by atoms with Gasteiger partial charge in [-0.15, -0.1) is 0 Å². The fourth-order valence-corrected chi connectivity index (χ4v) is 1.56. The Morgan fingerprint density at radius 2 is 1.78 bits per heavy atom. The molecular formula is C16H26N2. The second kappa shape index (κ2) is 7.34. The third-order valence-corrected chi connectivity index (χ3v) is 2.67. The summed E-state index contributed by atoms with van der Waals surface area (Å²) in [6, 6.07) is 8.73. The molecule has 0 bridgehead atoms.